The Bertz CT molecular complexity index is 761. The van der Waals surface area contributed by atoms with Gasteiger partial charge in [0.25, 0.3) is 0 Å². The summed E-state index contributed by atoms with van der Waals surface area (Å²) < 4.78 is 7.14. The molecule has 3 rings (SSSR count). The van der Waals surface area contributed by atoms with Crippen molar-refractivity contribution in [3.63, 3.8) is 0 Å². The number of nitriles is 1. The van der Waals surface area contributed by atoms with Crippen LogP contribution in [0.1, 0.15) is 30.9 Å². The second-order valence-electron chi connectivity index (χ2n) is 5.40. The highest BCUT2D eigenvalue weighted by Gasteiger charge is 2.23. The van der Waals surface area contributed by atoms with Crippen molar-refractivity contribution in [1.82, 2.24) is 4.40 Å². The number of carbonyl (C=O) groups is 1. The van der Waals surface area contributed by atoms with Gasteiger partial charge in [-0.25, -0.2) is 4.79 Å². The zero-order chi connectivity index (χ0) is 14.8. The third kappa shape index (κ3) is 2.82. The third-order valence-corrected chi connectivity index (χ3v) is 3.81. The Morgan fingerprint density at radius 2 is 2.33 bits per heavy atom. The number of fused-ring (bicyclic) bond motifs is 1. The number of pyridine rings is 1. The maximum Gasteiger partial charge on any atom is 0.331 e. The molecule has 4 heteroatoms. The lowest BCUT2D eigenvalue weighted by Crippen LogP contribution is -2.02. The molecule has 1 aliphatic rings. The minimum atomic E-state index is -0.335. The normalized spacial score (nSPS) is 15.0. The minimum absolute atomic E-state index is 0.123. The first-order valence-corrected chi connectivity index (χ1v) is 7.02. The number of rotatable bonds is 4. The van der Waals surface area contributed by atoms with Crippen LogP contribution in [0.25, 0.3) is 5.52 Å². The summed E-state index contributed by atoms with van der Waals surface area (Å²) in [7, 11) is 0. The zero-order valence-electron chi connectivity index (χ0n) is 11.9. The summed E-state index contributed by atoms with van der Waals surface area (Å²) in [6.45, 7) is 2.09. The maximum atomic E-state index is 11.8. The Balaban J connectivity index is 1.74. The molecule has 0 unspecified atom stereocenters. The van der Waals surface area contributed by atoms with Crippen molar-refractivity contribution in [3.05, 3.63) is 53.4 Å². The van der Waals surface area contributed by atoms with Gasteiger partial charge in [0.1, 0.15) is 12.7 Å². The second-order valence-corrected chi connectivity index (χ2v) is 5.40. The molecule has 1 saturated carbocycles. The van der Waals surface area contributed by atoms with Crippen molar-refractivity contribution in [2.24, 2.45) is 5.92 Å². The van der Waals surface area contributed by atoms with Gasteiger partial charge in [0.05, 0.1) is 11.1 Å². The average molecular weight is 280 g/mol. The van der Waals surface area contributed by atoms with Gasteiger partial charge in [-0.05, 0) is 37.8 Å². The quantitative estimate of drug-likeness (QED) is 0.638. The van der Waals surface area contributed by atoms with E-state index >= 15 is 0 Å². The molecule has 106 valence electrons. The van der Waals surface area contributed by atoms with Crippen LogP contribution < -0.4 is 0 Å². The van der Waals surface area contributed by atoms with E-state index in [1.54, 1.807) is 6.08 Å². The van der Waals surface area contributed by atoms with E-state index < -0.39 is 0 Å². The highest BCUT2D eigenvalue weighted by molar-refractivity contribution is 5.83. The summed E-state index contributed by atoms with van der Waals surface area (Å²) in [5.74, 6) is 0.225. The SMILES string of the molecule is CC(=CC(=O)OCc1cn2ccccc2c1C#N)C1CC1. The molecule has 1 aliphatic carbocycles. The number of aromatic nitrogens is 1. The molecular weight excluding hydrogens is 264 g/mol. The van der Waals surface area contributed by atoms with Crippen molar-refractivity contribution in [2.45, 2.75) is 26.4 Å². The summed E-state index contributed by atoms with van der Waals surface area (Å²) in [4.78, 5) is 11.8. The Hall–Kier alpha value is -2.54. The van der Waals surface area contributed by atoms with Crippen LogP contribution in [0.2, 0.25) is 0 Å². The van der Waals surface area contributed by atoms with Crippen LogP contribution in [0.5, 0.6) is 0 Å². The molecule has 0 saturated heterocycles. The van der Waals surface area contributed by atoms with E-state index in [0.717, 1.165) is 16.7 Å². The molecule has 0 aliphatic heterocycles. The van der Waals surface area contributed by atoms with E-state index in [1.807, 2.05) is 41.9 Å². The Morgan fingerprint density at radius 3 is 3.05 bits per heavy atom. The predicted octanol–water partition coefficient (Wildman–Crippen LogP) is 3.21. The molecule has 2 aromatic heterocycles. The number of ether oxygens (including phenoxy) is 1. The van der Waals surface area contributed by atoms with Crippen LogP contribution >= 0.6 is 0 Å². The number of allylic oxidation sites excluding steroid dienone is 1. The van der Waals surface area contributed by atoms with Crippen LogP contribution in [0.3, 0.4) is 0 Å². The van der Waals surface area contributed by atoms with E-state index in [-0.39, 0.29) is 12.6 Å². The van der Waals surface area contributed by atoms with Gasteiger partial charge < -0.3 is 9.14 Å². The molecular formula is C17H16N2O2. The van der Waals surface area contributed by atoms with Gasteiger partial charge in [0.15, 0.2) is 0 Å². The lowest BCUT2D eigenvalue weighted by atomic mass is 10.2. The van der Waals surface area contributed by atoms with Gasteiger partial charge in [-0.2, -0.15) is 5.26 Å². The lowest BCUT2D eigenvalue weighted by Gasteiger charge is -2.02. The molecule has 0 atom stereocenters. The first-order valence-electron chi connectivity index (χ1n) is 7.02. The number of hydrogen-bond donors (Lipinski definition) is 0. The predicted molar refractivity (Wildman–Crippen MR) is 78.4 cm³/mol. The Labute approximate surface area is 123 Å². The van der Waals surface area contributed by atoms with E-state index in [9.17, 15) is 10.1 Å². The van der Waals surface area contributed by atoms with Gasteiger partial charge in [0.2, 0.25) is 0 Å². The van der Waals surface area contributed by atoms with Crippen molar-refractivity contribution in [3.8, 4) is 6.07 Å². The topological polar surface area (TPSA) is 54.5 Å². The van der Waals surface area contributed by atoms with E-state index in [1.165, 1.54) is 12.8 Å². The van der Waals surface area contributed by atoms with Gasteiger partial charge in [-0.3, -0.25) is 0 Å². The summed E-state index contributed by atoms with van der Waals surface area (Å²) in [5, 5.41) is 9.28. The molecule has 4 nitrogen and oxygen atoms in total. The summed E-state index contributed by atoms with van der Waals surface area (Å²) >= 11 is 0. The monoisotopic (exact) mass is 280 g/mol. The highest BCUT2D eigenvalue weighted by Crippen LogP contribution is 2.35. The van der Waals surface area contributed by atoms with E-state index in [4.69, 9.17) is 4.74 Å². The third-order valence-electron chi connectivity index (χ3n) is 3.81. The minimum Gasteiger partial charge on any atom is -0.458 e. The molecule has 0 N–H and O–H groups in total. The number of hydrogen-bond acceptors (Lipinski definition) is 3. The molecule has 0 amide bonds. The Kier molecular flexibility index (Phi) is 3.49. The van der Waals surface area contributed by atoms with Gasteiger partial charge in [-0.1, -0.05) is 11.6 Å². The van der Waals surface area contributed by atoms with E-state index in [0.29, 0.717) is 11.5 Å². The number of esters is 1. The smallest absolute Gasteiger partial charge is 0.331 e. The summed E-state index contributed by atoms with van der Waals surface area (Å²) in [5.41, 5.74) is 3.21. The average Bonchev–Trinajstić information content (AvgIpc) is 3.26. The van der Waals surface area contributed by atoms with Crippen molar-refractivity contribution < 1.29 is 9.53 Å². The van der Waals surface area contributed by atoms with Crippen LogP contribution in [0.15, 0.2) is 42.2 Å². The highest BCUT2D eigenvalue weighted by atomic mass is 16.5. The van der Waals surface area contributed by atoms with Gasteiger partial charge in [-0.15, -0.1) is 0 Å². The van der Waals surface area contributed by atoms with Crippen molar-refractivity contribution in [1.29, 1.82) is 5.26 Å². The largest absolute Gasteiger partial charge is 0.458 e. The first kappa shape index (κ1) is 13.4. The standard InChI is InChI=1S/C17H16N2O2/c1-12(13-5-6-13)8-17(20)21-11-14-10-19-7-3-2-4-16(19)15(14)9-18/h2-4,7-8,10,13H,5-6,11H2,1H3. The van der Waals surface area contributed by atoms with Gasteiger partial charge in [0, 0.05) is 24.0 Å². The molecule has 2 heterocycles. The molecule has 0 bridgehead atoms. The summed E-state index contributed by atoms with van der Waals surface area (Å²) in [6, 6.07) is 7.84. The summed E-state index contributed by atoms with van der Waals surface area (Å²) in [6.07, 6.45) is 7.61. The number of carbonyl (C=O) groups excluding carboxylic acids is 1. The fourth-order valence-electron chi connectivity index (χ4n) is 2.45. The zero-order valence-corrected chi connectivity index (χ0v) is 11.9. The molecule has 2 aromatic rings. The van der Waals surface area contributed by atoms with E-state index in [2.05, 4.69) is 6.07 Å². The lowest BCUT2D eigenvalue weighted by molar-refractivity contribution is -0.139. The second kappa shape index (κ2) is 5.45. The van der Waals surface area contributed by atoms with Crippen LogP contribution in [-0.2, 0) is 16.1 Å². The fourth-order valence-corrected chi connectivity index (χ4v) is 2.45. The van der Waals surface area contributed by atoms with Crippen molar-refractivity contribution >= 4 is 11.5 Å². The number of nitrogens with zero attached hydrogens (tertiary/aromatic N) is 2. The van der Waals surface area contributed by atoms with Crippen LogP contribution in [-0.4, -0.2) is 10.4 Å². The van der Waals surface area contributed by atoms with Gasteiger partial charge >= 0.3 is 5.97 Å². The fraction of sp³-hybridized carbons (Fsp3) is 0.294. The van der Waals surface area contributed by atoms with Crippen LogP contribution in [0.4, 0.5) is 0 Å². The molecule has 0 radical (unpaired) electrons. The first-order chi connectivity index (χ1) is 10.2. The molecule has 0 spiro atoms. The molecule has 0 aromatic carbocycles. The maximum absolute atomic E-state index is 11.8. The molecule has 21 heavy (non-hydrogen) atoms. The Morgan fingerprint density at radius 1 is 1.52 bits per heavy atom. The molecule has 1 fully saturated rings. The van der Waals surface area contributed by atoms with Crippen LogP contribution in [0, 0.1) is 17.2 Å². The van der Waals surface area contributed by atoms with Crippen molar-refractivity contribution in [2.75, 3.05) is 0 Å².